The van der Waals surface area contributed by atoms with Crippen LogP contribution in [0.25, 0.3) is 10.8 Å². The number of hydrogen-bond donors (Lipinski definition) is 1. The Bertz CT molecular complexity index is 840. The zero-order valence-electron chi connectivity index (χ0n) is 15.4. The van der Waals surface area contributed by atoms with E-state index in [0.29, 0.717) is 12.6 Å². The highest BCUT2D eigenvalue weighted by Crippen LogP contribution is 2.29. The Morgan fingerprint density at radius 1 is 1.00 bits per heavy atom. The van der Waals surface area contributed by atoms with Gasteiger partial charge in [0.25, 0.3) is 0 Å². The lowest BCUT2D eigenvalue weighted by molar-refractivity contribution is 0.302. The lowest BCUT2D eigenvalue weighted by Crippen LogP contribution is -2.24. The van der Waals surface area contributed by atoms with Crippen molar-refractivity contribution in [1.82, 2.24) is 5.32 Å². The molecule has 0 bridgehead atoms. The Labute approximate surface area is 150 Å². The normalized spacial score (nSPS) is 12.3. The molecule has 0 aliphatic carbocycles. The van der Waals surface area contributed by atoms with Crippen molar-refractivity contribution >= 4 is 10.8 Å². The summed E-state index contributed by atoms with van der Waals surface area (Å²) < 4.78 is 6.21. The van der Waals surface area contributed by atoms with Crippen LogP contribution in [0.3, 0.4) is 0 Å². The highest BCUT2D eigenvalue weighted by Gasteiger charge is 2.10. The maximum Gasteiger partial charge on any atom is 0.124 e. The van der Waals surface area contributed by atoms with Gasteiger partial charge < -0.3 is 10.1 Å². The van der Waals surface area contributed by atoms with Crippen molar-refractivity contribution in [2.75, 3.05) is 0 Å². The van der Waals surface area contributed by atoms with Gasteiger partial charge in [0.2, 0.25) is 0 Å². The van der Waals surface area contributed by atoms with Gasteiger partial charge in [0, 0.05) is 18.2 Å². The van der Waals surface area contributed by atoms with E-state index in [1.165, 1.54) is 27.5 Å². The zero-order valence-corrected chi connectivity index (χ0v) is 15.4. The van der Waals surface area contributed by atoms with Crippen molar-refractivity contribution in [3.63, 3.8) is 0 Å². The van der Waals surface area contributed by atoms with Gasteiger partial charge in [0.15, 0.2) is 0 Å². The first kappa shape index (κ1) is 17.5. The van der Waals surface area contributed by atoms with E-state index < -0.39 is 0 Å². The molecule has 3 rings (SSSR count). The van der Waals surface area contributed by atoms with Crippen LogP contribution in [0.2, 0.25) is 0 Å². The van der Waals surface area contributed by atoms with Gasteiger partial charge in [-0.3, -0.25) is 0 Å². The quantitative estimate of drug-likeness (QED) is 0.606. The van der Waals surface area contributed by atoms with E-state index >= 15 is 0 Å². The van der Waals surface area contributed by atoms with Gasteiger partial charge in [-0.15, -0.1) is 0 Å². The predicted octanol–water partition coefficient (Wildman–Crippen LogP) is 5.62. The predicted molar refractivity (Wildman–Crippen MR) is 106 cm³/mol. The summed E-state index contributed by atoms with van der Waals surface area (Å²) in [6.45, 7) is 7.95. The Morgan fingerprint density at radius 3 is 2.64 bits per heavy atom. The smallest absolute Gasteiger partial charge is 0.124 e. The van der Waals surface area contributed by atoms with Crippen LogP contribution in [0.15, 0.2) is 60.7 Å². The molecule has 2 heteroatoms. The van der Waals surface area contributed by atoms with Crippen LogP contribution in [0.5, 0.6) is 5.75 Å². The molecule has 0 fully saturated rings. The monoisotopic (exact) mass is 333 g/mol. The molecule has 0 radical (unpaired) electrons. The highest BCUT2D eigenvalue weighted by atomic mass is 16.5. The number of fused-ring (bicyclic) bond motifs is 1. The van der Waals surface area contributed by atoms with Gasteiger partial charge in [-0.05, 0) is 42.7 Å². The second-order valence-corrected chi connectivity index (χ2v) is 6.73. The molecule has 0 aromatic heterocycles. The number of hydrogen-bond acceptors (Lipinski definition) is 2. The Morgan fingerprint density at radius 2 is 1.84 bits per heavy atom. The maximum atomic E-state index is 6.21. The molecule has 0 spiro atoms. The third kappa shape index (κ3) is 4.40. The van der Waals surface area contributed by atoms with E-state index in [2.05, 4.69) is 86.8 Å². The molecule has 2 nitrogen and oxygen atoms in total. The van der Waals surface area contributed by atoms with Crippen molar-refractivity contribution < 1.29 is 4.74 Å². The topological polar surface area (TPSA) is 21.3 Å². The van der Waals surface area contributed by atoms with Gasteiger partial charge in [-0.2, -0.15) is 0 Å². The lowest BCUT2D eigenvalue weighted by Gasteiger charge is -2.17. The van der Waals surface area contributed by atoms with Crippen LogP contribution < -0.4 is 10.1 Å². The molecule has 0 amide bonds. The summed E-state index contributed by atoms with van der Waals surface area (Å²) >= 11 is 0. The summed E-state index contributed by atoms with van der Waals surface area (Å²) in [6.07, 6.45) is 1.12. The van der Waals surface area contributed by atoms with Gasteiger partial charge in [0.1, 0.15) is 12.4 Å². The second kappa shape index (κ2) is 8.17. The molecule has 0 heterocycles. The fourth-order valence-corrected chi connectivity index (χ4v) is 3.02. The summed E-state index contributed by atoms with van der Waals surface area (Å²) in [5, 5.41) is 6.13. The molecule has 0 aliphatic heterocycles. The average molecular weight is 333 g/mol. The zero-order chi connectivity index (χ0) is 17.6. The number of ether oxygens (including phenoxy) is 1. The van der Waals surface area contributed by atoms with E-state index in [1.54, 1.807) is 0 Å². The van der Waals surface area contributed by atoms with Crippen molar-refractivity contribution in [3.05, 3.63) is 77.4 Å². The third-order valence-corrected chi connectivity index (χ3v) is 4.71. The van der Waals surface area contributed by atoms with Crippen molar-refractivity contribution in [1.29, 1.82) is 0 Å². The molecule has 3 aromatic carbocycles. The first-order chi connectivity index (χ1) is 12.2. The van der Waals surface area contributed by atoms with Crippen LogP contribution in [0, 0.1) is 6.92 Å². The van der Waals surface area contributed by atoms with Crippen LogP contribution in [0.4, 0.5) is 0 Å². The molecule has 0 aliphatic rings. The summed E-state index contributed by atoms with van der Waals surface area (Å²) in [6, 6.07) is 21.8. The van der Waals surface area contributed by atoms with Crippen LogP contribution >= 0.6 is 0 Å². The van der Waals surface area contributed by atoms with Crippen molar-refractivity contribution in [2.24, 2.45) is 0 Å². The van der Waals surface area contributed by atoms with Crippen molar-refractivity contribution in [2.45, 2.75) is 46.4 Å². The number of rotatable bonds is 7. The Hall–Kier alpha value is -2.32. The fraction of sp³-hybridized carbons (Fsp3) is 0.304. The number of aryl methyl sites for hydroxylation is 1. The first-order valence-corrected chi connectivity index (χ1v) is 9.09. The van der Waals surface area contributed by atoms with Crippen LogP contribution in [0.1, 0.15) is 37.0 Å². The Kier molecular flexibility index (Phi) is 5.72. The molecule has 0 saturated heterocycles. The maximum absolute atomic E-state index is 6.21. The molecule has 1 unspecified atom stereocenters. The average Bonchev–Trinajstić information content (AvgIpc) is 2.64. The number of nitrogens with one attached hydrogen (secondary N) is 1. The fourth-order valence-electron chi connectivity index (χ4n) is 3.02. The van der Waals surface area contributed by atoms with Gasteiger partial charge in [-0.25, -0.2) is 0 Å². The first-order valence-electron chi connectivity index (χ1n) is 9.09. The molecule has 0 saturated carbocycles. The lowest BCUT2D eigenvalue weighted by atomic mass is 10.0. The van der Waals surface area contributed by atoms with E-state index in [9.17, 15) is 0 Å². The van der Waals surface area contributed by atoms with E-state index in [-0.39, 0.29) is 0 Å². The molecule has 25 heavy (non-hydrogen) atoms. The minimum Gasteiger partial charge on any atom is -0.489 e. The molecular weight excluding hydrogens is 306 g/mol. The van der Waals surface area contributed by atoms with E-state index in [4.69, 9.17) is 4.74 Å². The summed E-state index contributed by atoms with van der Waals surface area (Å²) in [7, 11) is 0. The van der Waals surface area contributed by atoms with E-state index in [0.717, 1.165) is 18.7 Å². The van der Waals surface area contributed by atoms with Crippen molar-refractivity contribution in [3.8, 4) is 5.75 Å². The minimum absolute atomic E-state index is 0.489. The number of benzene rings is 3. The molecule has 1 atom stereocenters. The van der Waals surface area contributed by atoms with E-state index in [1.807, 2.05) is 0 Å². The Balaban J connectivity index is 1.87. The molecule has 1 N–H and O–H groups in total. The molecule has 130 valence electrons. The molecule has 3 aromatic rings. The van der Waals surface area contributed by atoms with Crippen LogP contribution in [-0.4, -0.2) is 6.04 Å². The summed E-state index contributed by atoms with van der Waals surface area (Å²) in [5.41, 5.74) is 3.71. The van der Waals surface area contributed by atoms with Crippen LogP contribution in [-0.2, 0) is 13.2 Å². The minimum atomic E-state index is 0.489. The highest BCUT2D eigenvalue weighted by molar-refractivity contribution is 5.87. The van der Waals surface area contributed by atoms with Gasteiger partial charge in [0.05, 0.1) is 0 Å². The summed E-state index contributed by atoms with van der Waals surface area (Å²) in [5.74, 6) is 0.969. The summed E-state index contributed by atoms with van der Waals surface area (Å²) in [4.78, 5) is 0. The van der Waals surface area contributed by atoms with Gasteiger partial charge in [-0.1, -0.05) is 67.1 Å². The second-order valence-electron chi connectivity index (χ2n) is 6.73. The molecular formula is C23H27NO. The third-order valence-electron chi connectivity index (χ3n) is 4.71. The van der Waals surface area contributed by atoms with Gasteiger partial charge >= 0.3 is 0 Å². The largest absolute Gasteiger partial charge is 0.489 e. The SMILES string of the molecule is CCC(C)NCc1c(OCc2cccc(C)c2)ccc2ccccc12. The standard InChI is InChI=1S/C23H27NO/c1-4-18(3)24-15-22-21-11-6-5-10-20(21)12-13-23(22)25-16-19-9-7-8-17(2)14-19/h5-14,18,24H,4,15-16H2,1-3H3.